The highest BCUT2D eigenvalue weighted by Gasteiger charge is 2.53. The Morgan fingerprint density at radius 1 is 1.33 bits per heavy atom. The first-order chi connectivity index (χ1) is 15.2. The highest BCUT2D eigenvalue weighted by Crippen LogP contribution is 2.46. The van der Waals surface area contributed by atoms with Gasteiger partial charge in [0.1, 0.15) is 11.4 Å². The number of hydrogen-bond acceptors (Lipinski definition) is 5. The van der Waals surface area contributed by atoms with E-state index in [0.717, 1.165) is 0 Å². The number of carbonyl (C=O) groups excluding carboxylic acids is 2. The van der Waals surface area contributed by atoms with Crippen LogP contribution in [0.1, 0.15) is 46.2 Å². The second-order valence-electron chi connectivity index (χ2n) is 8.32. The van der Waals surface area contributed by atoms with E-state index in [0.29, 0.717) is 19.4 Å². The number of hydrogen-bond donors (Lipinski definition) is 3. The lowest BCUT2D eigenvalue weighted by atomic mass is 9.66. The van der Waals surface area contributed by atoms with E-state index in [1.165, 1.54) is 29.0 Å². The number of aromatic hydroxyl groups is 1. The molecule has 2 aliphatic rings. The quantitative estimate of drug-likeness (QED) is 0.584. The van der Waals surface area contributed by atoms with Gasteiger partial charge in [0.05, 0.1) is 10.6 Å². The maximum absolute atomic E-state index is 14.1. The Morgan fingerprint density at radius 3 is 2.67 bits per heavy atom. The van der Waals surface area contributed by atoms with E-state index < -0.39 is 34.3 Å². The van der Waals surface area contributed by atoms with E-state index in [1.807, 2.05) is 6.92 Å². The zero-order valence-corrected chi connectivity index (χ0v) is 19.4. The van der Waals surface area contributed by atoms with Crippen molar-refractivity contribution < 1.29 is 24.2 Å². The van der Waals surface area contributed by atoms with Crippen molar-refractivity contribution in [2.75, 3.05) is 13.2 Å². The van der Waals surface area contributed by atoms with Gasteiger partial charge in [0.15, 0.2) is 11.4 Å². The predicted octanol–water partition coefficient (Wildman–Crippen LogP) is 2.31. The molecule has 0 saturated heterocycles. The Labute approximate surface area is 200 Å². The lowest BCUT2D eigenvalue weighted by Gasteiger charge is -2.56. The summed E-state index contributed by atoms with van der Waals surface area (Å²) in [6.07, 6.45) is 2.44. The molecule has 2 aromatic rings. The first kappa shape index (κ1) is 25.0. The van der Waals surface area contributed by atoms with Gasteiger partial charge in [0.25, 0.3) is 11.8 Å². The maximum Gasteiger partial charge on any atom is 0.275 e. The number of likely N-dealkylation sites (N-methyl/N-ethyl adjacent to an activating group) is 1. The van der Waals surface area contributed by atoms with Gasteiger partial charge in [-0.3, -0.25) is 14.4 Å². The predicted molar refractivity (Wildman–Crippen MR) is 121 cm³/mol. The van der Waals surface area contributed by atoms with Crippen LogP contribution in [-0.4, -0.2) is 50.2 Å². The van der Waals surface area contributed by atoms with Crippen LogP contribution in [0.2, 0.25) is 5.02 Å². The molecule has 0 atom stereocenters. The largest absolute Gasteiger partial charge is 0.503 e. The first-order valence-corrected chi connectivity index (χ1v) is 10.7. The molecule has 1 fully saturated rings. The molecule has 3 N–H and O–H groups in total. The Kier molecular flexibility index (Phi) is 7.07. The molecule has 0 bridgehead atoms. The molecule has 0 unspecified atom stereocenters. The van der Waals surface area contributed by atoms with E-state index in [1.54, 1.807) is 4.90 Å². The van der Waals surface area contributed by atoms with E-state index in [9.17, 15) is 29.0 Å². The maximum atomic E-state index is 14.1. The zero-order valence-electron chi connectivity index (χ0n) is 17.8. The summed E-state index contributed by atoms with van der Waals surface area (Å²) < 4.78 is 15.5. The molecule has 1 aliphatic heterocycles. The van der Waals surface area contributed by atoms with Gasteiger partial charge in [-0.2, -0.15) is 0 Å². The summed E-state index contributed by atoms with van der Waals surface area (Å²) >= 11 is 5.75. The van der Waals surface area contributed by atoms with Crippen molar-refractivity contribution in [3.05, 3.63) is 62.3 Å². The molecular formula is C22H24Cl2FN3O5. The third-order valence-corrected chi connectivity index (χ3v) is 6.66. The third kappa shape index (κ3) is 4.09. The molecule has 2 heterocycles. The average Bonchev–Trinajstić information content (AvgIpc) is 2.74. The number of benzene rings is 1. The van der Waals surface area contributed by atoms with Crippen LogP contribution in [0.5, 0.6) is 5.75 Å². The van der Waals surface area contributed by atoms with Gasteiger partial charge < -0.3 is 25.0 Å². The lowest BCUT2D eigenvalue weighted by molar-refractivity contribution is -0.0478. The molecule has 1 aliphatic carbocycles. The monoisotopic (exact) mass is 499 g/mol. The van der Waals surface area contributed by atoms with Crippen LogP contribution in [0.15, 0.2) is 29.2 Å². The summed E-state index contributed by atoms with van der Waals surface area (Å²) in [4.78, 5) is 40.1. The summed E-state index contributed by atoms with van der Waals surface area (Å²) in [5.74, 6) is -2.68. The minimum Gasteiger partial charge on any atom is -0.503 e. The third-order valence-electron chi connectivity index (χ3n) is 6.37. The molecule has 2 amide bonds. The fourth-order valence-electron chi connectivity index (χ4n) is 4.83. The molecule has 11 heteroatoms. The zero-order chi connectivity index (χ0) is 23.2. The number of halogens is 3. The molecule has 1 spiro atoms. The topological polar surface area (TPSA) is 112 Å². The highest BCUT2D eigenvalue weighted by molar-refractivity contribution is 6.30. The van der Waals surface area contributed by atoms with Crippen LogP contribution < -0.4 is 10.7 Å². The molecule has 0 radical (unpaired) electrons. The number of aromatic nitrogens is 1. The van der Waals surface area contributed by atoms with Crippen molar-refractivity contribution in [2.45, 2.75) is 38.4 Å². The SMILES string of the molecule is CCN1C(=O)c2c(O)c(=O)c(C(=O)NCc3cccc(Cl)c3F)cn2CC12CC(CO)C2.Cl. The molecule has 1 aromatic heterocycles. The number of pyridine rings is 1. The Hall–Kier alpha value is -2.62. The number of carbonyl (C=O) groups is 2. The Morgan fingerprint density at radius 2 is 2.03 bits per heavy atom. The van der Waals surface area contributed by atoms with Crippen molar-refractivity contribution in [3.8, 4) is 5.75 Å². The number of nitrogens with zero attached hydrogens (tertiary/aromatic N) is 2. The van der Waals surface area contributed by atoms with Gasteiger partial charge in [-0.1, -0.05) is 23.7 Å². The Balaban J connectivity index is 0.00000306. The van der Waals surface area contributed by atoms with E-state index in [4.69, 9.17) is 11.6 Å². The first-order valence-electron chi connectivity index (χ1n) is 10.3. The van der Waals surface area contributed by atoms with Crippen LogP contribution in [0.4, 0.5) is 4.39 Å². The highest BCUT2D eigenvalue weighted by atomic mass is 35.5. The minimum absolute atomic E-state index is 0. The van der Waals surface area contributed by atoms with Crippen molar-refractivity contribution in [3.63, 3.8) is 0 Å². The fourth-order valence-corrected chi connectivity index (χ4v) is 5.03. The van der Waals surface area contributed by atoms with Gasteiger partial charge in [0.2, 0.25) is 5.43 Å². The van der Waals surface area contributed by atoms with E-state index in [2.05, 4.69) is 5.32 Å². The Bertz CT molecular complexity index is 1160. The normalized spacial score (nSPS) is 21.3. The number of fused-ring (bicyclic) bond motifs is 1. The second-order valence-corrected chi connectivity index (χ2v) is 8.73. The minimum atomic E-state index is -0.970. The van der Waals surface area contributed by atoms with Crippen LogP contribution in [0, 0.1) is 11.7 Å². The number of rotatable bonds is 5. The summed E-state index contributed by atoms with van der Waals surface area (Å²) in [5.41, 5.74) is -1.87. The number of nitrogens with one attached hydrogen (secondary N) is 1. The van der Waals surface area contributed by atoms with Crippen molar-refractivity contribution in [1.29, 1.82) is 0 Å². The molecule has 1 saturated carbocycles. The van der Waals surface area contributed by atoms with Gasteiger partial charge in [-0.15, -0.1) is 12.4 Å². The molecular weight excluding hydrogens is 476 g/mol. The standard InChI is InChI=1S/C22H23ClFN3O5.ClH/c1-2-27-21(32)17-19(30)18(29)14(9-26(17)11-22(27)6-12(7-22)10-28)20(31)25-8-13-4-3-5-15(23)16(13)24;/h3-5,9,12,28,30H,2,6-8,10-11H2,1H3,(H,25,31);1H. The van der Waals surface area contributed by atoms with Crippen molar-refractivity contribution in [1.82, 2.24) is 14.8 Å². The van der Waals surface area contributed by atoms with Gasteiger partial charge in [0, 0.05) is 38.0 Å². The smallest absolute Gasteiger partial charge is 0.275 e. The van der Waals surface area contributed by atoms with Crippen LogP contribution in [0.3, 0.4) is 0 Å². The molecule has 8 nitrogen and oxygen atoms in total. The van der Waals surface area contributed by atoms with E-state index >= 15 is 0 Å². The summed E-state index contributed by atoms with van der Waals surface area (Å²) in [7, 11) is 0. The van der Waals surface area contributed by atoms with Gasteiger partial charge in [-0.25, -0.2) is 4.39 Å². The fraction of sp³-hybridized carbons (Fsp3) is 0.409. The summed E-state index contributed by atoms with van der Waals surface area (Å²) in [5, 5.41) is 22.3. The van der Waals surface area contributed by atoms with Crippen LogP contribution in [0.25, 0.3) is 0 Å². The summed E-state index contributed by atoms with van der Waals surface area (Å²) in [6, 6.07) is 4.37. The van der Waals surface area contributed by atoms with Crippen LogP contribution >= 0.6 is 24.0 Å². The number of aliphatic hydroxyl groups excluding tert-OH is 1. The van der Waals surface area contributed by atoms with Crippen molar-refractivity contribution in [2.24, 2.45) is 5.92 Å². The van der Waals surface area contributed by atoms with Crippen LogP contribution in [-0.2, 0) is 13.1 Å². The van der Waals surface area contributed by atoms with Gasteiger partial charge in [-0.05, 0) is 31.7 Å². The van der Waals surface area contributed by atoms with Crippen molar-refractivity contribution >= 4 is 35.8 Å². The summed E-state index contributed by atoms with van der Waals surface area (Å²) in [6.45, 7) is 2.29. The number of amides is 2. The van der Waals surface area contributed by atoms with E-state index in [-0.39, 0.29) is 59.9 Å². The molecule has 33 heavy (non-hydrogen) atoms. The molecule has 4 rings (SSSR count). The molecule has 178 valence electrons. The average molecular weight is 500 g/mol. The number of aliphatic hydroxyl groups is 1. The second kappa shape index (κ2) is 9.32. The lowest BCUT2D eigenvalue weighted by Crippen LogP contribution is -2.65. The van der Waals surface area contributed by atoms with Gasteiger partial charge >= 0.3 is 0 Å². The molecule has 1 aromatic carbocycles.